The predicted molar refractivity (Wildman–Crippen MR) is 127 cm³/mol. The molecule has 36 heavy (non-hydrogen) atoms. The van der Waals surface area contributed by atoms with E-state index >= 15 is 0 Å². The number of ether oxygens (including phenoxy) is 2. The van der Waals surface area contributed by atoms with Crippen LogP contribution in [-0.4, -0.2) is 28.6 Å². The molecule has 2 aliphatic rings. The van der Waals surface area contributed by atoms with Crippen molar-refractivity contribution in [2.75, 3.05) is 6.54 Å². The van der Waals surface area contributed by atoms with Crippen LogP contribution < -0.4 is 14.6 Å². The average molecular weight is 481 g/mol. The molecule has 0 aliphatic carbocycles. The number of esters is 1. The van der Waals surface area contributed by atoms with Gasteiger partial charge < -0.3 is 25.0 Å². The lowest BCUT2D eigenvalue weighted by Crippen LogP contribution is -2.39. The summed E-state index contributed by atoms with van der Waals surface area (Å²) in [4.78, 5) is 26.1. The molecule has 0 radical (unpaired) electrons. The van der Waals surface area contributed by atoms with Crippen LogP contribution in [0.3, 0.4) is 0 Å². The van der Waals surface area contributed by atoms with Crippen LogP contribution in [0.25, 0.3) is 0 Å². The molecule has 1 amide bonds. The lowest BCUT2D eigenvalue weighted by Gasteiger charge is -2.36. The van der Waals surface area contributed by atoms with E-state index in [4.69, 9.17) is 9.47 Å². The van der Waals surface area contributed by atoms with Gasteiger partial charge in [0.2, 0.25) is 0 Å². The van der Waals surface area contributed by atoms with Crippen LogP contribution >= 0.6 is 0 Å². The molecule has 0 fully saturated rings. The van der Waals surface area contributed by atoms with Gasteiger partial charge in [0.25, 0.3) is 5.91 Å². The number of aromatic nitrogens is 1. The summed E-state index contributed by atoms with van der Waals surface area (Å²) in [7, 11) is 0. The highest BCUT2D eigenvalue weighted by Crippen LogP contribution is 2.57. The van der Waals surface area contributed by atoms with Crippen molar-refractivity contribution in [2.45, 2.75) is 12.1 Å². The number of fused-ring (bicyclic) bond motifs is 6. The fourth-order valence-corrected chi connectivity index (χ4v) is 4.82. The summed E-state index contributed by atoms with van der Waals surface area (Å²) < 4.78 is 14.0. The van der Waals surface area contributed by atoms with E-state index < -0.39 is 11.6 Å². The summed E-state index contributed by atoms with van der Waals surface area (Å²) in [6.07, 6.45) is 3.84. The second-order valence-electron chi connectivity index (χ2n) is 8.66. The number of phenols is 2. The average Bonchev–Trinajstić information content (AvgIpc) is 3.16. The number of nitrogens with zero attached hydrogens (tertiary/aromatic N) is 1. The summed E-state index contributed by atoms with van der Waals surface area (Å²) in [6.45, 7) is 1.03. The van der Waals surface area contributed by atoms with Crippen molar-refractivity contribution in [1.29, 1.82) is 0 Å². The number of phenolic OH excluding ortho intramolecular Hbond substituents is 2. The van der Waals surface area contributed by atoms with Gasteiger partial charge in [0.1, 0.15) is 23.0 Å². The first kappa shape index (κ1) is 21.7. The zero-order chi connectivity index (χ0) is 24.9. The molecular weight excluding hydrogens is 460 g/mol. The van der Waals surface area contributed by atoms with Gasteiger partial charge in [-0.2, -0.15) is 0 Å². The maximum atomic E-state index is 13.0. The largest absolute Gasteiger partial charge is 0.508 e. The maximum absolute atomic E-state index is 13.0. The van der Waals surface area contributed by atoms with E-state index in [0.29, 0.717) is 40.9 Å². The van der Waals surface area contributed by atoms with Crippen molar-refractivity contribution in [2.24, 2.45) is 0 Å². The number of pyridine rings is 1. The molecule has 0 saturated carbocycles. The fraction of sp³-hybridized carbons (Fsp3) is 0.107. The van der Waals surface area contributed by atoms with Gasteiger partial charge in [-0.1, -0.05) is 6.07 Å². The van der Waals surface area contributed by atoms with Gasteiger partial charge in [0.15, 0.2) is 24.5 Å². The Labute approximate surface area is 206 Å². The molecule has 0 bridgehead atoms. The number of nitrogens with one attached hydrogen (secondary N) is 1. The van der Waals surface area contributed by atoms with Crippen molar-refractivity contribution in [3.63, 3.8) is 0 Å². The van der Waals surface area contributed by atoms with E-state index in [-0.39, 0.29) is 28.9 Å². The molecule has 2 aliphatic heterocycles. The molecular formula is C28H21N2O6+. The molecule has 3 aromatic carbocycles. The van der Waals surface area contributed by atoms with Crippen LogP contribution in [-0.2, 0) is 16.9 Å². The van der Waals surface area contributed by atoms with Crippen LogP contribution in [0.1, 0.15) is 37.4 Å². The lowest BCUT2D eigenvalue weighted by atomic mass is 9.77. The van der Waals surface area contributed by atoms with Crippen LogP contribution in [0.2, 0.25) is 0 Å². The summed E-state index contributed by atoms with van der Waals surface area (Å²) in [5.74, 6) is -0.319. The first-order valence-electron chi connectivity index (χ1n) is 11.4. The molecule has 4 aromatic rings. The van der Waals surface area contributed by atoms with E-state index in [0.717, 1.165) is 0 Å². The van der Waals surface area contributed by atoms with E-state index in [9.17, 15) is 19.8 Å². The standard InChI is InChI=1S/C28H20N2O6/c31-18-5-8-21-24(15-18)35-25-16-19(32)6-9-22(25)28(21)23-14-17(4-7-20(23)27(34)36-28)26(33)29-10-13-30-11-2-1-3-12-30/h1-9,11-12,14-16H,10,13H2,(H2-,29,31,32,33)/p+1. The smallest absolute Gasteiger partial charge is 0.340 e. The zero-order valence-corrected chi connectivity index (χ0v) is 19.0. The molecule has 8 nitrogen and oxygen atoms in total. The van der Waals surface area contributed by atoms with Gasteiger partial charge in [0.05, 0.1) is 12.1 Å². The number of hydrogen-bond acceptors (Lipinski definition) is 6. The minimum atomic E-state index is -1.41. The van der Waals surface area contributed by atoms with Crippen LogP contribution in [0.4, 0.5) is 0 Å². The van der Waals surface area contributed by atoms with Gasteiger partial charge in [-0.05, 0) is 42.5 Å². The summed E-state index contributed by atoms with van der Waals surface area (Å²) in [6, 6.07) is 19.7. The quantitative estimate of drug-likeness (QED) is 0.305. The number of amides is 1. The SMILES string of the molecule is O=C(NCC[n+]1ccccc1)c1ccc2c(c1)C1(OC2=O)c2ccc(O)cc2Oc2cc(O)ccc21. The number of aromatic hydroxyl groups is 2. The third-order valence-electron chi connectivity index (χ3n) is 6.47. The van der Waals surface area contributed by atoms with Crippen LogP contribution in [0, 0.1) is 0 Å². The Bertz CT molecular complexity index is 1480. The highest BCUT2D eigenvalue weighted by atomic mass is 16.6. The molecule has 3 heterocycles. The third-order valence-corrected chi connectivity index (χ3v) is 6.47. The number of benzene rings is 3. The first-order chi connectivity index (χ1) is 17.5. The molecule has 178 valence electrons. The Morgan fingerprint density at radius 1 is 0.861 bits per heavy atom. The lowest BCUT2D eigenvalue weighted by molar-refractivity contribution is -0.694. The Kier molecular flexibility index (Phi) is 4.89. The molecule has 0 atom stereocenters. The highest BCUT2D eigenvalue weighted by molar-refractivity contribution is 6.00. The second kappa shape index (κ2) is 8.13. The van der Waals surface area contributed by atoms with Gasteiger partial charge in [0, 0.05) is 46.5 Å². The van der Waals surface area contributed by atoms with E-state index in [1.807, 2.05) is 35.2 Å². The van der Waals surface area contributed by atoms with Crippen molar-refractivity contribution in [1.82, 2.24) is 5.32 Å². The summed E-state index contributed by atoms with van der Waals surface area (Å²) in [5.41, 5.74) is 0.780. The summed E-state index contributed by atoms with van der Waals surface area (Å²) in [5, 5.41) is 23.0. The molecule has 1 spiro atoms. The van der Waals surface area contributed by atoms with Crippen LogP contribution in [0.15, 0.2) is 85.2 Å². The second-order valence-corrected chi connectivity index (χ2v) is 8.66. The number of rotatable bonds is 4. The molecule has 0 unspecified atom stereocenters. The van der Waals surface area contributed by atoms with Gasteiger partial charge in [-0.15, -0.1) is 0 Å². The van der Waals surface area contributed by atoms with E-state index in [1.165, 1.54) is 24.3 Å². The Balaban J connectivity index is 1.42. The third kappa shape index (κ3) is 3.34. The van der Waals surface area contributed by atoms with Crippen molar-refractivity contribution in [3.8, 4) is 23.0 Å². The number of carbonyl (C=O) groups excluding carboxylic acids is 2. The number of carbonyl (C=O) groups is 2. The molecule has 6 rings (SSSR count). The Morgan fingerprint density at radius 3 is 2.19 bits per heavy atom. The fourth-order valence-electron chi connectivity index (χ4n) is 4.82. The summed E-state index contributed by atoms with van der Waals surface area (Å²) >= 11 is 0. The Hall–Kier alpha value is -4.85. The monoisotopic (exact) mass is 481 g/mol. The highest BCUT2D eigenvalue weighted by Gasteiger charge is 2.53. The van der Waals surface area contributed by atoms with Gasteiger partial charge in [-0.25, -0.2) is 9.36 Å². The minimum absolute atomic E-state index is 0.0264. The topological polar surface area (TPSA) is 109 Å². The predicted octanol–water partition coefficient (Wildman–Crippen LogP) is 3.38. The van der Waals surface area contributed by atoms with E-state index in [2.05, 4.69) is 5.32 Å². The van der Waals surface area contributed by atoms with Crippen molar-refractivity contribution >= 4 is 11.9 Å². The van der Waals surface area contributed by atoms with E-state index in [1.54, 1.807) is 30.3 Å². The van der Waals surface area contributed by atoms with Crippen molar-refractivity contribution in [3.05, 3.63) is 113 Å². The Morgan fingerprint density at radius 2 is 1.53 bits per heavy atom. The minimum Gasteiger partial charge on any atom is -0.508 e. The normalized spacial score (nSPS) is 14.3. The number of hydrogen-bond donors (Lipinski definition) is 3. The molecule has 0 saturated heterocycles. The van der Waals surface area contributed by atoms with Crippen molar-refractivity contribution < 1.29 is 33.8 Å². The van der Waals surface area contributed by atoms with Gasteiger partial charge >= 0.3 is 5.97 Å². The zero-order valence-electron chi connectivity index (χ0n) is 19.0. The molecule has 8 heteroatoms. The molecule has 1 aromatic heterocycles. The van der Waals surface area contributed by atoms with Crippen LogP contribution in [0.5, 0.6) is 23.0 Å². The van der Waals surface area contributed by atoms with Gasteiger partial charge in [-0.3, -0.25) is 4.79 Å². The molecule has 3 N–H and O–H groups in total. The first-order valence-corrected chi connectivity index (χ1v) is 11.4. The maximum Gasteiger partial charge on any atom is 0.340 e.